The van der Waals surface area contributed by atoms with Gasteiger partial charge < -0.3 is 10.4 Å². The molecule has 1 aliphatic rings. The van der Waals surface area contributed by atoms with Crippen molar-refractivity contribution in [2.24, 2.45) is 0 Å². The van der Waals surface area contributed by atoms with Crippen LogP contribution in [0.5, 0.6) is 0 Å². The first-order chi connectivity index (χ1) is 10.1. The number of nitrogens with zero attached hydrogens (tertiary/aromatic N) is 3. The van der Waals surface area contributed by atoms with Crippen LogP contribution < -0.4 is 5.32 Å². The van der Waals surface area contributed by atoms with Gasteiger partial charge in [-0.3, -0.25) is 4.40 Å². The summed E-state index contributed by atoms with van der Waals surface area (Å²) in [5.74, 6) is 0.324. The van der Waals surface area contributed by atoms with E-state index in [9.17, 15) is 13.5 Å². The summed E-state index contributed by atoms with van der Waals surface area (Å²) in [6.07, 6.45) is 3.12. The molecular weight excluding hydrogens is 292 g/mol. The summed E-state index contributed by atoms with van der Waals surface area (Å²) in [4.78, 5) is 4.30. The van der Waals surface area contributed by atoms with Crippen molar-refractivity contribution in [2.45, 2.75) is 23.9 Å². The highest BCUT2D eigenvalue weighted by Gasteiger charge is 2.38. The second-order valence-electron chi connectivity index (χ2n) is 5.04. The van der Waals surface area contributed by atoms with Crippen molar-refractivity contribution >= 4 is 21.5 Å². The highest BCUT2D eigenvalue weighted by molar-refractivity contribution is 7.89. The van der Waals surface area contributed by atoms with E-state index < -0.39 is 10.0 Å². The summed E-state index contributed by atoms with van der Waals surface area (Å²) < 4.78 is 28.9. The van der Waals surface area contributed by atoms with Gasteiger partial charge in [-0.2, -0.15) is 4.31 Å². The predicted octanol–water partition coefficient (Wildman–Crippen LogP) is 0.521. The van der Waals surface area contributed by atoms with Crippen molar-refractivity contribution in [1.29, 1.82) is 0 Å². The topological polar surface area (TPSA) is 86.9 Å². The maximum atomic E-state index is 13.0. The molecule has 1 aliphatic heterocycles. The van der Waals surface area contributed by atoms with Crippen molar-refractivity contribution < 1.29 is 13.5 Å². The highest BCUT2D eigenvalue weighted by Crippen LogP contribution is 2.30. The lowest BCUT2D eigenvalue weighted by Crippen LogP contribution is -2.38. The van der Waals surface area contributed by atoms with Gasteiger partial charge in [0.15, 0.2) is 10.8 Å². The molecule has 0 saturated carbocycles. The lowest BCUT2D eigenvalue weighted by Gasteiger charge is -2.22. The molecule has 1 atom stereocenters. The van der Waals surface area contributed by atoms with Gasteiger partial charge >= 0.3 is 0 Å². The van der Waals surface area contributed by atoms with Crippen LogP contribution in [0.2, 0.25) is 0 Å². The van der Waals surface area contributed by atoms with Crippen LogP contribution in [-0.4, -0.2) is 53.5 Å². The first kappa shape index (κ1) is 14.3. The quantitative estimate of drug-likeness (QED) is 0.860. The van der Waals surface area contributed by atoms with E-state index in [4.69, 9.17) is 0 Å². The predicted molar refractivity (Wildman–Crippen MR) is 78.7 cm³/mol. The number of aliphatic hydroxyl groups excluding tert-OH is 1. The minimum Gasteiger partial charge on any atom is -0.395 e. The minimum atomic E-state index is -3.71. The Balaban J connectivity index is 2.18. The Kier molecular flexibility index (Phi) is 3.60. The second kappa shape index (κ2) is 5.28. The molecule has 1 unspecified atom stereocenters. The van der Waals surface area contributed by atoms with Gasteiger partial charge in [0.05, 0.1) is 6.61 Å². The molecule has 3 heterocycles. The van der Waals surface area contributed by atoms with Gasteiger partial charge in [-0.25, -0.2) is 13.4 Å². The van der Waals surface area contributed by atoms with E-state index >= 15 is 0 Å². The molecule has 0 bridgehead atoms. The molecular formula is C13H18N4O3S. The number of fused-ring (bicyclic) bond motifs is 1. The second-order valence-corrected chi connectivity index (χ2v) is 6.84. The molecule has 0 spiro atoms. The molecule has 1 saturated heterocycles. The zero-order valence-corrected chi connectivity index (χ0v) is 12.5. The molecule has 114 valence electrons. The van der Waals surface area contributed by atoms with E-state index in [0.717, 1.165) is 6.42 Å². The smallest absolute Gasteiger partial charge is 0.263 e. The fraction of sp³-hybridized carbons (Fsp3) is 0.462. The Morgan fingerprint density at radius 3 is 3.00 bits per heavy atom. The molecule has 0 amide bonds. The molecule has 0 radical (unpaired) electrons. The van der Waals surface area contributed by atoms with E-state index in [1.54, 1.807) is 29.8 Å². The molecule has 3 rings (SSSR count). The van der Waals surface area contributed by atoms with E-state index in [2.05, 4.69) is 10.3 Å². The summed E-state index contributed by atoms with van der Waals surface area (Å²) in [6, 6.07) is 4.98. The van der Waals surface area contributed by atoms with Gasteiger partial charge in [-0.15, -0.1) is 0 Å². The lowest BCUT2D eigenvalue weighted by atomic mass is 10.2. The van der Waals surface area contributed by atoms with Gasteiger partial charge in [0.1, 0.15) is 5.65 Å². The maximum absolute atomic E-state index is 13.0. The largest absolute Gasteiger partial charge is 0.395 e. The van der Waals surface area contributed by atoms with Crippen LogP contribution in [0.4, 0.5) is 5.82 Å². The van der Waals surface area contributed by atoms with E-state index in [0.29, 0.717) is 24.4 Å². The van der Waals surface area contributed by atoms with Crippen LogP contribution >= 0.6 is 0 Å². The Morgan fingerprint density at radius 2 is 2.29 bits per heavy atom. The monoisotopic (exact) mass is 310 g/mol. The van der Waals surface area contributed by atoms with Crippen molar-refractivity contribution in [3.05, 3.63) is 24.4 Å². The first-order valence-electron chi connectivity index (χ1n) is 6.87. The van der Waals surface area contributed by atoms with Crippen LogP contribution in [0.25, 0.3) is 5.65 Å². The van der Waals surface area contributed by atoms with Gasteiger partial charge in [0.2, 0.25) is 0 Å². The zero-order valence-electron chi connectivity index (χ0n) is 11.7. The third-order valence-electron chi connectivity index (χ3n) is 3.81. The van der Waals surface area contributed by atoms with Gasteiger partial charge in [-0.1, -0.05) is 6.07 Å². The van der Waals surface area contributed by atoms with Crippen LogP contribution in [0.1, 0.15) is 12.8 Å². The normalized spacial score (nSPS) is 20.2. The average molecular weight is 310 g/mol. The lowest BCUT2D eigenvalue weighted by molar-refractivity contribution is 0.213. The Bertz CT molecular complexity index is 756. The number of sulfonamides is 1. The van der Waals surface area contributed by atoms with Gasteiger partial charge in [0.25, 0.3) is 10.0 Å². The van der Waals surface area contributed by atoms with Crippen LogP contribution in [0.3, 0.4) is 0 Å². The number of aromatic nitrogens is 2. The minimum absolute atomic E-state index is 0.126. The number of aliphatic hydroxyl groups is 1. The Morgan fingerprint density at radius 1 is 1.48 bits per heavy atom. The number of hydrogen-bond donors (Lipinski definition) is 2. The SMILES string of the molecule is CNc1nc2ccccn2c1S(=O)(=O)N1CCCC1CO. The third kappa shape index (κ3) is 2.19. The van der Waals surface area contributed by atoms with Crippen LogP contribution in [0.15, 0.2) is 29.4 Å². The molecule has 0 aromatic carbocycles. The third-order valence-corrected chi connectivity index (χ3v) is 5.79. The molecule has 7 nitrogen and oxygen atoms in total. The summed E-state index contributed by atoms with van der Waals surface area (Å²) in [6.45, 7) is 0.266. The Labute approximate surface area is 123 Å². The molecule has 0 aliphatic carbocycles. The van der Waals surface area contributed by atoms with E-state index in [-0.39, 0.29) is 17.7 Å². The van der Waals surface area contributed by atoms with Crippen LogP contribution in [0, 0.1) is 0 Å². The number of pyridine rings is 1. The van der Waals surface area contributed by atoms with Crippen molar-refractivity contribution in [3.63, 3.8) is 0 Å². The zero-order chi connectivity index (χ0) is 15.0. The average Bonchev–Trinajstić information content (AvgIpc) is 3.11. The standard InChI is InChI=1S/C13H18N4O3S/c1-14-12-13(16-7-3-2-6-11(16)15-12)21(19,20)17-8-4-5-10(17)9-18/h2-3,6-7,10,14,18H,4-5,8-9H2,1H3. The molecule has 2 N–H and O–H groups in total. The first-order valence-corrected chi connectivity index (χ1v) is 8.31. The number of nitrogens with one attached hydrogen (secondary N) is 1. The van der Waals surface area contributed by atoms with Crippen molar-refractivity contribution in [2.75, 3.05) is 25.5 Å². The number of imidazole rings is 1. The van der Waals surface area contributed by atoms with E-state index in [1.807, 2.05) is 6.07 Å². The summed E-state index contributed by atoms with van der Waals surface area (Å²) in [5, 5.41) is 12.4. The van der Waals surface area contributed by atoms with Crippen molar-refractivity contribution in [3.8, 4) is 0 Å². The summed E-state index contributed by atoms with van der Waals surface area (Å²) in [7, 11) is -2.07. The molecule has 21 heavy (non-hydrogen) atoms. The van der Waals surface area contributed by atoms with Gasteiger partial charge in [0, 0.05) is 25.8 Å². The van der Waals surface area contributed by atoms with Gasteiger partial charge in [-0.05, 0) is 25.0 Å². The summed E-state index contributed by atoms with van der Waals surface area (Å²) in [5.41, 5.74) is 0.570. The molecule has 8 heteroatoms. The highest BCUT2D eigenvalue weighted by atomic mass is 32.2. The number of anilines is 1. The number of rotatable bonds is 4. The maximum Gasteiger partial charge on any atom is 0.263 e. The molecule has 1 fully saturated rings. The fourth-order valence-corrected chi connectivity index (χ4v) is 4.75. The van der Waals surface area contributed by atoms with Crippen LogP contribution in [-0.2, 0) is 10.0 Å². The summed E-state index contributed by atoms with van der Waals surface area (Å²) >= 11 is 0. The van der Waals surface area contributed by atoms with Crippen molar-refractivity contribution in [1.82, 2.24) is 13.7 Å². The molecule has 2 aromatic heterocycles. The fourth-order valence-electron chi connectivity index (χ4n) is 2.80. The molecule has 2 aromatic rings. The van der Waals surface area contributed by atoms with E-state index in [1.165, 1.54) is 4.31 Å². The Hall–Kier alpha value is -1.64. The number of hydrogen-bond acceptors (Lipinski definition) is 5.